The third kappa shape index (κ3) is 5.68. The molecule has 2 N–H and O–H groups in total. The number of rotatable bonds is 7. The molecule has 0 saturated carbocycles. The molecule has 3 aromatic rings. The molecule has 7 nitrogen and oxygen atoms in total. The van der Waals surface area contributed by atoms with Gasteiger partial charge < -0.3 is 27.3 Å². The Hall–Kier alpha value is -2.64. The van der Waals surface area contributed by atoms with Crippen molar-refractivity contribution < 1.29 is 26.8 Å². The Bertz CT molecular complexity index is 885. The van der Waals surface area contributed by atoms with Gasteiger partial charge >= 0.3 is 0 Å². The molecule has 1 heterocycles. The molecule has 150 valence electrons. The summed E-state index contributed by atoms with van der Waals surface area (Å²) in [5.74, 6) is 0.131. The van der Waals surface area contributed by atoms with Gasteiger partial charge in [-0.2, -0.15) is 15.0 Å². The Morgan fingerprint density at radius 1 is 1.07 bits per heavy atom. The van der Waals surface area contributed by atoms with Crippen molar-refractivity contribution in [1.29, 1.82) is 0 Å². The fourth-order valence-electron chi connectivity index (χ4n) is 2.82. The summed E-state index contributed by atoms with van der Waals surface area (Å²) in [5.41, 5.74) is 2.44. The smallest absolute Gasteiger partial charge is 0.222 e. The summed E-state index contributed by atoms with van der Waals surface area (Å²) < 4.78 is 0.785. The number of nitrogens with one attached hydrogen (secondary N) is 1. The van der Waals surface area contributed by atoms with Gasteiger partial charge in [-0.05, 0) is 29.8 Å². The second-order valence-corrected chi connectivity index (χ2v) is 7.68. The molecule has 1 amide bonds. The number of halogens is 1. The maximum absolute atomic E-state index is 12.5. The molecule has 1 unspecified atom stereocenters. The van der Waals surface area contributed by atoms with E-state index in [4.69, 9.17) is 0 Å². The van der Waals surface area contributed by atoms with Crippen LogP contribution in [0.25, 0.3) is 11.0 Å². The molecular formula is C20H26ClN5O2. The van der Waals surface area contributed by atoms with Crippen LogP contribution in [0.1, 0.15) is 18.0 Å². The molecule has 0 aliphatic carbocycles. The SMILES string of the molecule is C[N+](C)(C)CCNC(=O)CC(c1ccc(O)cc1)n1nc2ccccc2n1.[Cl-]. The maximum Gasteiger partial charge on any atom is 0.222 e. The van der Waals surface area contributed by atoms with Crippen LogP contribution in [0.15, 0.2) is 48.5 Å². The highest BCUT2D eigenvalue weighted by molar-refractivity contribution is 5.77. The Morgan fingerprint density at radius 3 is 2.18 bits per heavy atom. The largest absolute Gasteiger partial charge is 1.00 e. The number of hydrogen-bond donors (Lipinski definition) is 2. The van der Waals surface area contributed by atoms with Crippen molar-refractivity contribution in [1.82, 2.24) is 20.3 Å². The van der Waals surface area contributed by atoms with E-state index >= 15 is 0 Å². The first kappa shape index (κ1) is 21.7. The fraction of sp³-hybridized carbons (Fsp3) is 0.350. The third-order valence-corrected chi connectivity index (χ3v) is 4.34. The lowest BCUT2D eigenvalue weighted by atomic mass is 10.0. The minimum absolute atomic E-state index is 0. The molecule has 1 aromatic heterocycles. The Labute approximate surface area is 171 Å². The van der Waals surface area contributed by atoms with Crippen LogP contribution in [0, 0.1) is 0 Å². The summed E-state index contributed by atoms with van der Waals surface area (Å²) in [6.07, 6.45) is 0.225. The molecule has 0 fully saturated rings. The standard InChI is InChI=1S/C20H25N5O2.ClH/c1-25(2,3)13-12-21-20(27)14-19(15-8-10-16(26)11-9-15)24-22-17-6-4-5-7-18(17)23-24;/h4-11,19H,12-14H2,1-3H3,(H-,21,26,27);1H. The lowest BCUT2D eigenvalue weighted by molar-refractivity contribution is -0.869. The Kier molecular flexibility index (Phi) is 6.99. The molecule has 2 aromatic carbocycles. The Morgan fingerprint density at radius 2 is 1.64 bits per heavy atom. The average Bonchev–Trinajstić information content (AvgIpc) is 3.03. The molecule has 0 spiro atoms. The summed E-state index contributed by atoms with van der Waals surface area (Å²) in [4.78, 5) is 14.1. The minimum Gasteiger partial charge on any atom is -1.00 e. The number of phenolic OH excluding ortho intramolecular Hbond substituents is 1. The van der Waals surface area contributed by atoms with Crippen molar-refractivity contribution in [3.8, 4) is 5.75 Å². The number of hydrogen-bond acceptors (Lipinski definition) is 4. The number of phenols is 1. The van der Waals surface area contributed by atoms with Crippen LogP contribution in [0.2, 0.25) is 0 Å². The summed E-state index contributed by atoms with van der Waals surface area (Å²) in [6.45, 7) is 1.46. The number of benzene rings is 2. The molecule has 0 bridgehead atoms. The molecule has 0 saturated heterocycles. The van der Waals surface area contributed by atoms with E-state index in [2.05, 4.69) is 36.7 Å². The van der Waals surface area contributed by atoms with Gasteiger partial charge in [0.15, 0.2) is 0 Å². The molecule has 0 aliphatic heterocycles. The normalized spacial score (nSPS) is 12.4. The van der Waals surface area contributed by atoms with Crippen molar-refractivity contribution in [3.63, 3.8) is 0 Å². The van der Waals surface area contributed by atoms with Gasteiger partial charge in [0.1, 0.15) is 22.8 Å². The summed E-state index contributed by atoms with van der Waals surface area (Å²) in [5, 5.41) is 21.6. The molecule has 1 atom stereocenters. The van der Waals surface area contributed by atoms with Crippen LogP contribution in [0.4, 0.5) is 0 Å². The highest BCUT2D eigenvalue weighted by Gasteiger charge is 2.21. The van der Waals surface area contributed by atoms with Gasteiger partial charge in [-0.3, -0.25) is 4.79 Å². The van der Waals surface area contributed by atoms with Gasteiger partial charge in [0.05, 0.1) is 40.7 Å². The van der Waals surface area contributed by atoms with Crippen LogP contribution in [-0.4, -0.2) is 64.7 Å². The van der Waals surface area contributed by atoms with Crippen molar-refractivity contribution in [2.75, 3.05) is 34.2 Å². The second-order valence-electron chi connectivity index (χ2n) is 7.68. The molecular weight excluding hydrogens is 378 g/mol. The van der Waals surface area contributed by atoms with Crippen molar-refractivity contribution in [2.24, 2.45) is 0 Å². The lowest BCUT2D eigenvalue weighted by Gasteiger charge is -2.24. The van der Waals surface area contributed by atoms with E-state index < -0.39 is 0 Å². The van der Waals surface area contributed by atoms with Crippen molar-refractivity contribution in [3.05, 3.63) is 54.1 Å². The average molecular weight is 404 g/mol. The first-order valence-electron chi connectivity index (χ1n) is 8.99. The van der Waals surface area contributed by atoms with Crippen LogP contribution < -0.4 is 17.7 Å². The number of fused-ring (bicyclic) bond motifs is 1. The molecule has 28 heavy (non-hydrogen) atoms. The number of likely N-dealkylation sites (N-methyl/N-ethyl adjacent to an activating group) is 1. The van der Waals surface area contributed by atoms with Crippen LogP contribution in [-0.2, 0) is 4.79 Å². The van der Waals surface area contributed by atoms with E-state index in [1.807, 2.05) is 24.3 Å². The summed E-state index contributed by atoms with van der Waals surface area (Å²) >= 11 is 0. The van der Waals surface area contributed by atoms with Gasteiger partial charge in [-0.1, -0.05) is 24.3 Å². The summed E-state index contributed by atoms with van der Waals surface area (Å²) in [7, 11) is 6.26. The van der Waals surface area contributed by atoms with Crippen LogP contribution >= 0.6 is 0 Å². The summed E-state index contributed by atoms with van der Waals surface area (Å²) in [6, 6.07) is 14.1. The van der Waals surface area contributed by atoms with E-state index in [-0.39, 0.29) is 36.5 Å². The first-order valence-corrected chi connectivity index (χ1v) is 8.99. The predicted octanol–water partition coefficient (Wildman–Crippen LogP) is -1.06. The van der Waals surface area contributed by atoms with E-state index in [9.17, 15) is 9.90 Å². The Balaban J connectivity index is 0.00000280. The third-order valence-electron chi connectivity index (χ3n) is 4.34. The number of aromatic hydroxyl groups is 1. The van der Waals surface area contributed by atoms with Gasteiger partial charge in [-0.15, -0.1) is 0 Å². The number of carbonyl (C=O) groups excluding carboxylic acids is 1. The van der Waals surface area contributed by atoms with E-state index in [0.717, 1.165) is 27.6 Å². The zero-order valence-electron chi connectivity index (χ0n) is 16.3. The molecule has 0 aliphatic rings. The van der Waals surface area contributed by atoms with E-state index in [1.54, 1.807) is 29.1 Å². The van der Waals surface area contributed by atoms with Crippen LogP contribution in [0.3, 0.4) is 0 Å². The predicted molar refractivity (Wildman–Crippen MR) is 104 cm³/mol. The zero-order chi connectivity index (χ0) is 19.4. The van der Waals surface area contributed by atoms with E-state index in [1.165, 1.54) is 0 Å². The fourth-order valence-corrected chi connectivity index (χ4v) is 2.82. The molecule has 8 heteroatoms. The first-order chi connectivity index (χ1) is 12.8. The monoisotopic (exact) mass is 403 g/mol. The number of carbonyl (C=O) groups is 1. The molecule has 0 radical (unpaired) electrons. The second kappa shape index (κ2) is 9.03. The molecule has 3 rings (SSSR count). The highest BCUT2D eigenvalue weighted by Crippen LogP contribution is 2.24. The van der Waals surface area contributed by atoms with Crippen molar-refractivity contribution in [2.45, 2.75) is 12.5 Å². The highest BCUT2D eigenvalue weighted by atomic mass is 35.5. The topological polar surface area (TPSA) is 80.0 Å². The zero-order valence-corrected chi connectivity index (χ0v) is 17.1. The van der Waals surface area contributed by atoms with Crippen molar-refractivity contribution >= 4 is 16.9 Å². The van der Waals surface area contributed by atoms with Crippen LogP contribution in [0.5, 0.6) is 5.75 Å². The van der Waals surface area contributed by atoms with E-state index in [0.29, 0.717) is 6.54 Å². The number of nitrogens with zero attached hydrogens (tertiary/aromatic N) is 4. The van der Waals surface area contributed by atoms with Gasteiger partial charge in [0, 0.05) is 0 Å². The lowest BCUT2D eigenvalue weighted by Crippen LogP contribution is -3.00. The maximum atomic E-state index is 12.5. The number of aromatic nitrogens is 3. The van der Waals surface area contributed by atoms with Gasteiger partial charge in [0.2, 0.25) is 5.91 Å². The van der Waals surface area contributed by atoms with Gasteiger partial charge in [-0.25, -0.2) is 0 Å². The number of amides is 1. The number of quaternary nitrogens is 1. The minimum atomic E-state index is -0.345. The quantitative estimate of drug-likeness (QED) is 0.493. The van der Waals surface area contributed by atoms with Gasteiger partial charge in [0.25, 0.3) is 0 Å².